The predicted octanol–water partition coefficient (Wildman–Crippen LogP) is 3.46. The lowest BCUT2D eigenvalue weighted by atomic mass is 10.2. The summed E-state index contributed by atoms with van der Waals surface area (Å²) in [5, 5.41) is 3.39. The molecule has 0 fully saturated rings. The smallest absolute Gasteiger partial charge is 0.180 e. The predicted molar refractivity (Wildman–Crippen MR) is 81.8 cm³/mol. The molecule has 0 radical (unpaired) electrons. The minimum Gasteiger partial charge on any atom is -0.367 e. The summed E-state index contributed by atoms with van der Waals surface area (Å²) in [5.74, 6) is 1.40. The quantitative estimate of drug-likeness (QED) is 0.786. The molecule has 2 heterocycles. The fourth-order valence-corrected chi connectivity index (χ4v) is 2.10. The molecule has 0 bridgehead atoms. The van der Waals surface area contributed by atoms with E-state index in [1.165, 1.54) is 0 Å². The number of nitrogens with one attached hydrogen (secondary N) is 1. The largest absolute Gasteiger partial charge is 0.367 e. The molecule has 3 aromatic rings. The van der Waals surface area contributed by atoms with Gasteiger partial charge in [0.15, 0.2) is 11.5 Å². The van der Waals surface area contributed by atoms with Crippen molar-refractivity contribution in [3.8, 4) is 11.3 Å². The van der Waals surface area contributed by atoms with E-state index in [1.807, 2.05) is 35.0 Å². The molecular formula is C16H18N4. The summed E-state index contributed by atoms with van der Waals surface area (Å²) in [5.41, 5.74) is 2.92. The van der Waals surface area contributed by atoms with Crippen molar-refractivity contribution in [3.05, 3.63) is 48.9 Å². The summed E-state index contributed by atoms with van der Waals surface area (Å²) in [6, 6.07) is 10.2. The summed E-state index contributed by atoms with van der Waals surface area (Å²) < 4.78 is 2.01. The number of fused-ring (bicyclic) bond motifs is 1. The summed E-state index contributed by atoms with van der Waals surface area (Å²) in [4.78, 5) is 9.09. The van der Waals surface area contributed by atoms with Gasteiger partial charge in [-0.3, -0.25) is 0 Å². The zero-order chi connectivity index (χ0) is 13.9. The van der Waals surface area contributed by atoms with Crippen LogP contribution in [0.15, 0.2) is 48.9 Å². The monoisotopic (exact) mass is 266 g/mol. The Bertz CT molecular complexity index is 701. The van der Waals surface area contributed by atoms with Crippen LogP contribution >= 0.6 is 0 Å². The number of anilines is 1. The molecule has 2 aromatic heterocycles. The van der Waals surface area contributed by atoms with Crippen LogP contribution < -0.4 is 5.32 Å². The Morgan fingerprint density at radius 2 is 2.00 bits per heavy atom. The molecule has 4 nitrogen and oxygen atoms in total. The fourth-order valence-electron chi connectivity index (χ4n) is 2.10. The molecule has 0 spiro atoms. The van der Waals surface area contributed by atoms with Crippen molar-refractivity contribution < 1.29 is 0 Å². The van der Waals surface area contributed by atoms with E-state index in [9.17, 15) is 0 Å². The van der Waals surface area contributed by atoms with E-state index in [4.69, 9.17) is 4.98 Å². The molecular weight excluding hydrogens is 248 g/mol. The van der Waals surface area contributed by atoms with Crippen molar-refractivity contribution in [2.24, 2.45) is 5.92 Å². The number of imidazole rings is 1. The summed E-state index contributed by atoms with van der Waals surface area (Å²) in [6.45, 7) is 5.24. The van der Waals surface area contributed by atoms with E-state index < -0.39 is 0 Å². The van der Waals surface area contributed by atoms with Crippen LogP contribution in [0, 0.1) is 5.92 Å². The molecule has 0 atom stereocenters. The molecule has 4 heteroatoms. The number of nitrogens with zero attached hydrogens (tertiary/aromatic N) is 3. The van der Waals surface area contributed by atoms with E-state index >= 15 is 0 Å². The Morgan fingerprint density at radius 3 is 2.75 bits per heavy atom. The molecule has 20 heavy (non-hydrogen) atoms. The van der Waals surface area contributed by atoms with Crippen LogP contribution in [0.1, 0.15) is 13.8 Å². The highest BCUT2D eigenvalue weighted by Crippen LogP contribution is 2.21. The zero-order valence-corrected chi connectivity index (χ0v) is 11.7. The summed E-state index contributed by atoms with van der Waals surface area (Å²) >= 11 is 0. The first-order valence-electron chi connectivity index (χ1n) is 6.87. The van der Waals surface area contributed by atoms with Crippen molar-refractivity contribution in [2.45, 2.75) is 13.8 Å². The lowest BCUT2D eigenvalue weighted by Crippen LogP contribution is -2.11. The van der Waals surface area contributed by atoms with Gasteiger partial charge in [0.1, 0.15) is 0 Å². The van der Waals surface area contributed by atoms with E-state index in [-0.39, 0.29) is 0 Å². The molecule has 0 unspecified atom stereocenters. The third-order valence-electron chi connectivity index (χ3n) is 3.12. The van der Waals surface area contributed by atoms with Crippen LogP contribution in [0.25, 0.3) is 16.9 Å². The molecule has 0 aliphatic heterocycles. The lowest BCUT2D eigenvalue weighted by Gasteiger charge is -2.11. The molecule has 0 saturated carbocycles. The number of rotatable bonds is 4. The number of aromatic nitrogens is 3. The van der Waals surface area contributed by atoms with Crippen LogP contribution in [-0.2, 0) is 0 Å². The SMILES string of the molecule is CC(C)CNc1nc(-c2ccccc2)cn2ccnc12. The highest BCUT2D eigenvalue weighted by atomic mass is 15.1. The Labute approximate surface area is 118 Å². The Morgan fingerprint density at radius 1 is 1.20 bits per heavy atom. The maximum atomic E-state index is 4.72. The molecule has 1 aromatic carbocycles. The van der Waals surface area contributed by atoms with Gasteiger partial charge in [-0.2, -0.15) is 0 Å². The average Bonchev–Trinajstić information content (AvgIpc) is 2.94. The van der Waals surface area contributed by atoms with Gasteiger partial charge in [0.2, 0.25) is 0 Å². The van der Waals surface area contributed by atoms with Gasteiger partial charge < -0.3 is 9.72 Å². The van der Waals surface area contributed by atoms with Crippen LogP contribution in [-0.4, -0.2) is 20.9 Å². The topological polar surface area (TPSA) is 42.2 Å². The van der Waals surface area contributed by atoms with Gasteiger partial charge >= 0.3 is 0 Å². The molecule has 0 amide bonds. The van der Waals surface area contributed by atoms with Crippen molar-refractivity contribution in [1.82, 2.24) is 14.4 Å². The zero-order valence-electron chi connectivity index (χ0n) is 11.7. The first-order chi connectivity index (χ1) is 9.74. The van der Waals surface area contributed by atoms with Crippen LogP contribution in [0.3, 0.4) is 0 Å². The van der Waals surface area contributed by atoms with Crippen LogP contribution in [0.5, 0.6) is 0 Å². The maximum absolute atomic E-state index is 4.72. The molecule has 1 N–H and O–H groups in total. The highest BCUT2D eigenvalue weighted by Gasteiger charge is 2.09. The van der Waals surface area contributed by atoms with Gasteiger partial charge in [-0.15, -0.1) is 0 Å². The van der Waals surface area contributed by atoms with Crippen molar-refractivity contribution >= 4 is 11.5 Å². The van der Waals surface area contributed by atoms with Gasteiger partial charge in [0.05, 0.1) is 5.69 Å². The second kappa shape index (κ2) is 5.33. The Kier molecular flexibility index (Phi) is 3.37. The summed E-state index contributed by atoms with van der Waals surface area (Å²) in [6.07, 6.45) is 5.76. The molecule has 102 valence electrons. The van der Waals surface area contributed by atoms with E-state index in [0.717, 1.165) is 29.3 Å². The molecule has 0 aliphatic carbocycles. The number of benzene rings is 1. The minimum absolute atomic E-state index is 0.562. The van der Waals surface area contributed by atoms with Gasteiger partial charge in [-0.25, -0.2) is 9.97 Å². The van der Waals surface area contributed by atoms with Gasteiger partial charge in [0, 0.05) is 30.7 Å². The first kappa shape index (κ1) is 12.7. The van der Waals surface area contributed by atoms with Gasteiger partial charge in [-0.1, -0.05) is 44.2 Å². The average molecular weight is 266 g/mol. The number of hydrogen-bond acceptors (Lipinski definition) is 3. The van der Waals surface area contributed by atoms with Gasteiger partial charge in [0.25, 0.3) is 0 Å². The standard InChI is InChI=1S/C16H18N4/c1-12(2)10-18-15-16-17-8-9-20(16)11-14(19-15)13-6-4-3-5-7-13/h3-9,11-12H,10H2,1-2H3,(H,18,19). The highest BCUT2D eigenvalue weighted by molar-refractivity contribution is 5.69. The normalized spacial score (nSPS) is 11.2. The minimum atomic E-state index is 0.562. The van der Waals surface area contributed by atoms with Crippen LogP contribution in [0.2, 0.25) is 0 Å². The Balaban J connectivity index is 2.06. The molecule has 0 saturated heterocycles. The van der Waals surface area contributed by atoms with E-state index in [2.05, 4.69) is 36.3 Å². The molecule has 3 rings (SSSR count). The van der Waals surface area contributed by atoms with E-state index in [0.29, 0.717) is 5.92 Å². The number of hydrogen-bond donors (Lipinski definition) is 1. The maximum Gasteiger partial charge on any atom is 0.180 e. The lowest BCUT2D eigenvalue weighted by molar-refractivity contribution is 0.687. The second-order valence-electron chi connectivity index (χ2n) is 5.27. The molecule has 0 aliphatic rings. The third kappa shape index (κ3) is 2.50. The Hall–Kier alpha value is -2.36. The fraction of sp³-hybridized carbons (Fsp3) is 0.250. The summed E-state index contributed by atoms with van der Waals surface area (Å²) in [7, 11) is 0. The second-order valence-corrected chi connectivity index (χ2v) is 5.27. The van der Waals surface area contributed by atoms with Crippen molar-refractivity contribution in [2.75, 3.05) is 11.9 Å². The van der Waals surface area contributed by atoms with Gasteiger partial charge in [-0.05, 0) is 5.92 Å². The van der Waals surface area contributed by atoms with Crippen LogP contribution in [0.4, 0.5) is 5.82 Å². The third-order valence-corrected chi connectivity index (χ3v) is 3.12. The van der Waals surface area contributed by atoms with Crippen molar-refractivity contribution in [3.63, 3.8) is 0 Å². The first-order valence-corrected chi connectivity index (χ1v) is 6.87. The van der Waals surface area contributed by atoms with Crippen molar-refractivity contribution in [1.29, 1.82) is 0 Å². The van der Waals surface area contributed by atoms with E-state index in [1.54, 1.807) is 6.20 Å².